The first-order valence-corrected chi connectivity index (χ1v) is 14.6. The molecule has 1 aliphatic carbocycles. The van der Waals surface area contributed by atoms with E-state index in [0.717, 1.165) is 47.9 Å². The van der Waals surface area contributed by atoms with Gasteiger partial charge >= 0.3 is 5.97 Å². The number of piperidine rings is 1. The molecule has 200 valence electrons. The fourth-order valence-corrected chi connectivity index (χ4v) is 6.85. The minimum Gasteiger partial charge on any atom is -0.481 e. The highest BCUT2D eigenvalue weighted by molar-refractivity contribution is 8.00. The van der Waals surface area contributed by atoms with Crippen molar-refractivity contribution in [1.29, 1.82) is 0 Å². The van der Waals surface area contributed by atoms with Crippen molar-refractivity contribution in [2.24, 2.45) is 17.8 Å². The first-order valence-electron chi connectivity index (χ1n) is 13.4. The lowest BCUT2D eigenvalue weighted by Crippen LogP contribution is -2.61. The highest BCUT2D eigenvalue weighted by atomic mass is 35.5. The number of carboxylic acids is 1. The second-order valence-corrected chi connectivity index (χ2v) is 11.7. The molecular formula is C29H34ClN5O2S. The normalized spacial score (nSPS) is 22.6. The number of aliphatic carboxylic acids is 1. The fraction of sp³-hybridized carbons (Fsp3) is 0.448. The molecule has 4 atom stereocenters. The van der Waals surface area contributed by atoms with Gasteiger partial charge < -0.3 is 14.7 Å². The molecule has 38 heavy (non-hydrogen) atoms. The lowest BCUT2D eigenvalue weighted by atomic mass is 9.59. The van der Waals surface area contributed by atoms with Crippen molar-refractivity contribution in [3.63, 3.8) is 0 Å². The van der Waals surface area contributed by atoms with Crippen molar-refractivity contribution >= 4 is 41.2 Å². The Morgan fingerprint density at radius 2 is 2.05 bits per heavy atom. The van der Waals surface area contributed by atoms with Crippen LogP contribution in [-0.2, 0) is 4.79 Å². The summed E-state index contributed by atoms with van der Waals surface area (Å²) >= 11 is 7.95. The third kappa shape index (κ3) is 5.34. The smallest absolute Gasteiger partial charge is 0.306 e. The maximum atomic E-state index is 11.8. The Labute approximate surface area is 233 Å². The van der Waals surface area contributed by atoms with Crippen molar-refractivity contribution in [1.82, 2.24) is 15.0 Å². The number of carbonyl (C=O) groups is 1. The van der Waals surface area contributed by atoms with Gasteiger partial charge in [0.05, 0.1) is 22.3 Å². The zero-order chi connectivity index (χ0) is 26.8. The standard InChI is InChI=1S/C29H34ClN5O2S/c1-4-7-18-13-15-35(22-16-20(26(18)22)29(36)37)24-9-5-10-25(33-24)38-34-23-12-11-21(30)28(32-23)19-8-6-14-31-27(19)17(2)3/h5-6,8-12,14,17-18,20,22,26H,4,7,13,15-16H2,1-3H3,(H,32,34)(H,36,37)/t18-,20+,22+,26-/m1/s1. The van der Waals surface area contributed by atoms with Crippen LogP contribution in [0.5, 0.6) is 0 Å². The molecule has 5 rings (SSSR count). The van der Waals surface area contributed by atoms with Gasteiger partial charge in [-0.1, -0.05) is 51.3 Å². The van der Waals surface area contributed by atoms with Crippen LogP contribution in [0.1, 0.15) is 58.1 Å². The van der Waals surface area contributed by atoms with E-state index in [1.807, 2.05) is 42.5 Å². The van der Waals surface area contributed by atoms with Gasteiger partial charge in [-0.3, -0.25) is 9.78 Å². The molecule has 2 fully saturated rings. The lowest BCUT2D eigenvalue weighted by molar-refractivity contribution is -0.152. The average Bonchev–Trinajstić information content (AvgIpc) is 2.89. The molecule has 1 saturated carbocycles. The van der Waals surface area contributed by atoms with Crippen LogP contribution in [0.25, 0.3) is 11.3 Å². The van der Waals surface area contributed by atoms with E-state index in [-0.39, 0.29) is 23.8 Å². The Morgan fingerprint density at radius 1 is 1.21 bits per heavy atom. The van der Waals surface area contributed by atoms with E-state index in [1.165, 1.54) is 11.9 Å². The van der Waals surface area contributed by atoms with Gasteiger partial charge in [-0.2, -0.15) is 0 Å². The van der Waals surface area contributed by atoms with E-state index in [0.29, 0.717) is 28.9 Å². The molecule has 0 aromatic carbocycles. The van der Waals surface area contributed by atoms with Crippen molar-refractivity contribution in [2.75, 3.05) is 16.2 Å². The SMILES string of the molecule is CCC[C@@H]1CCN(c2cccc(SNc3ccc(Cl)c(-c4cccnc4C(C)C)n3)n2)[C@H]2C[C@H](C(=O)O)[C@@H]12. The van der Waals surface area contributed by atoms with Crippen molar-refractivity contribution in [3.8, 4) is 11.3 Å². The van der Waals surface area contributed by atoms with Gasteiger partial charge in [-0.05, 0) is 67.0 Å². The van der Waals surface area contributed by atoms with Gasteiger partial charge in [0, 0.05) is 36.3 Å². The summed E-state index contributed by atoms with van der Waals surface area (Å²) in [6.45, 7) is 7.31. The average molecular weight is 552 g/mol. The maximum absolute atomic E-state index is 11.8. The number of nitrogens with zero attached hydrogens (tertiary/aromatic N) is 4. The van der Waals surface area contributed by atoms with Gasteiger partial charge in [-0.15, -0.1) is 0 Å². The molecule has 4 heterocycles. The van der Waals surface area contributed by atoms with E-state index >= 15 is 0 Å². The minimum atomic E-state index is -0.655. The quantitative estimate of drug-likeness (QED) is 0.271. The topological polar surface area (TPSA) is 91.2 Å². The minimum absolute atomic E-state index is 0.206. The third-order valence-electron chi connectivity index (χ3n) is 7.82. The number of aromatic nitrogens is 3. The van der Waals surface area contributed by atoms with Crippen LogP contribution in [0.4, 0.5) is 11.6 Å². The van der Waals surface area contributed by atoms with Gasteiger partial charge in [0.25, 0.3) is 0 Å². The highest BCUT2D eigenvalue weighted by Gasteiger charge is 2.53. The Balaban J connectivity index is 1.31. The van der Waals surface area contributed by atoms with Gasteiger partial charge in [-0.25, -0.2) is 9.97 Å². The molecule has 0 spiro atoms. The Hall–Kier alpha value is -2.84. The van der Waals surface area contributed by atoms with Crippen molar-refractivity contribution in [3.05, 3.63) is 59.4 Å². The second kappa shape index (κ2) is 11.5. The van der Waals surface area contributed by atoms with Gasteiger partial charge in [0.15, 0.2) is 0 Å². The number of carboxylic acid groups (broad SMARTS) is 1. The highest BCUT2D eigenvalue weighted by Crippen LogP contribution is 2.50. The molecule has 0 radical (unpaired) electrons. The molecule has 2 N–H and O–H groups in total. The molecule has 0 unspecified atom stereocenters. The summed E-state index contributed by atoms with van der Waals surface area (Å²) in [5.41, 5.74) is 2.60. The fourth-order valence-electron chi connectivity index (χ4n) is 6.04. The predicted octanol–water partition coefficient (Wildman–Crippen LogP) is 7.15. The summed E-state index contributed by atoms with van der Waals surface area (Å²) in [7, 11) is 0. The molecule has 2 aliphatic rings. The summed E-state index contributed by atoms with van der Waals surface area (Å²) in [4.78, 5) is 28.4. The van der Waals surface area contributed by atoms with Crippen LogP contribution in [-0.4, -0.2) is 38.6 Å². The summed E-state index contributed by atoms with van der Waals surface area (Å²) in [5, 5.41) is 11.1. The number of halogens is 1. The molecule has 0 amide bonds. The number of rotatable bonds is 9. The lowest BCUT2D eigenvalue weighted by Gasteiger charge is -2.56. The molecular weight excluding hydrogens is 518 g/mol. The van der Waals surface area contributed by atoms with E-state index in [4.69, 9.17) is 21.6 Å². The largest absolute Gasteiger partial charge is 0.481 e. The van der Waals surface area contributed by atoms with Gasteiger partial charge in [0.1, 0.15) is 16.7 Å². The maximum Gasteiger partial charge on any atom is 0.306 e. The molecule has 7 nitrogen and oxygen atoms in total. The van der Waals surface area contributed by atoms with Gasteiger partial charge in [0.2, 0.25) is 0 Å². The van der Waals surface area contributed by atoms with Crippen molar-refractivity contribution in [2.45, 2.75) is 63.4 Å². The van der Waals surface area contributed by atoms with E-state index in [9.17, 15) is 9.90 Å². The van der Waals surface area contributed by atoms with E-state index in [1.54, 1.807) is 6.20 Å². The van der Waals surface area contributed by atoms with Crippen LogP contribution in [0.3, 0.4) is 0 Å². The van der Waals surface area contributed by atoms with Crippen LogP contribution < -0.4 is 9.62 Å². The number of hydrogen-bond donors (Lipinski definition) is 2. The summed E-state index contributed by atoms with van der Waals surface area (Å²) in [6.07, 6.45) is 5.70. The first kappa shape index (κ1) is 26.8. The zero-order valence-corrected chi connectivity index (χ0v) is 23.5. The second-order valence-electron chi connectivity index (χ2n) is 10.5. The third-order valence-corrected chi connectivity index (χ3v) is 8.87. The Morgan fingerprint density at radius 3 is 2.82 bits per heavy atom. The number of fused-ring (bicyclic) bond motifs is 1. The van der Waals surface area contributed by atoms with Crippen LogP contribution in [0, 0.1) is 17.8 Å². The van der Waals surface area contributed by atoms with E-state index in [2.05, 4.69) is 35.4 Å². The van der Waals surface area contributed by atoms with Crippen LogP contribution in [0.15, 0.2) is 53.7 Å². The van der Waals surface area contributed by atoms with Crippen LogP contribution >= 0.6 is 23.5 Å². The molecule has 1 saturated heterocycles. The first-order chi connectivity index (χ1) is 18.4. The molecule has 0 bridgehead atoms. The molecule has 1 aliphatic heterocycles. The molecule has 3 aromatic rings. The Kier molecular flexibility index (Phi) is 8.09. The summed E-state index contributed by atoms with van der Waals surface area (Å²) < 4.78 is 3.32. The number of hydrogen-bond acceptors (Lipinski definition) is 7. The summed E-state index contributed by atoms with van der Waals surface area (Å²) in [5.74, 6) is 1.64. The number of pyridine rings is 3. The molecule has 3 aromatic heterocycles. The number of anilines is 2. The predicted molar refractivity (Wildman–Crippen MR) is 154 cm³/mol. The molecule has 9 heteroatoms. The van der Waals surface area contributed by atoms with Crippen molar-refractivity contribution < 1.29 is 9.90 Å². The summed E-state index contributed by atoms with van der Waals surface area (Å²) in [6, 6.07) is 13.9. The van der Waals surface area contributed by atoms with E-state index < -0.39 is 5.97 Å². The zero-order valence-electron chi connectivity index (χ0n) is 22.0. The monoisotopic (exact) mass is 551 g/mol. The Bertz CT molecular complexity index is 1310. The van der Waals surface area contributed by atoms with Crippen LogP contribution in [0.2, 0.25) is 5.02 Å². The number of nitrogens with one attached hydrogen (secondary N) is 1.